The first-order valence-corrected chi connectivity index (χ1v) is 8.45. The van der Waals surface area contributed by atoms with E-state index in [0.717, 1.165) is 0 Å². The summed E-state index contributed by atoms with van der Waals surface area (Å²) < 4.78 is 0. The van der Waals surface area contributed by atoms with Crippen molar-refractivity contribution in [1.29, 1.82) is 0 Å². The highest BCUT2D eigenvalue weighted by molar-refractivity contribution is 5.66. The van der Waals surface area contributed by atoms with Gasteiger partial charge in [-0.1, -0.05) is 90.9 Å². The molecule has 0 aliphatic carbocycles. The molecular weight excluding hydrogens is 264 g/mol. The molecule has 118 valence electrons. The van der Waals surface area contributed by atoms with Crippen LogP contribution in [0.15, 0.2) is 42.5 Å². The van der Waals surface area contributed by atoms with Gasteiger partial charge in [-0.2, -0.15) is 0 Å². The van der Waals surface area contributed by atoms with Crippen LogP contribution >= 0.6 is 0 Å². The largest absolute Gasteiger partial charge is 0.0587 e. The van der Waals surface area contributed by atoms with Crippen LogP contribution in [0.1, 0.15) is 77.0 Å². The van der Waals surface area contributed by atoms with Crippen molar-refractivity contribution < 1.29 is 0 Å². The molecule has 0 spiro atoms. The van der Waals surface area contributed by atoms with E-state index in [9.17, 15) is 0 Å². The van der Waals surface area contributed by atoms with Crippen LogP contribution in [0.3, 0.4) is 0 Å². The van der Waals surface area contributed by atoms with Crippen molar-refractivity contribution >= 4 is 0 Å². The number of benzene rings is 2. The highest BCUT2D eigenvalue weighted by atomic mass is 14.2. The summed E-state index contributed by atoms with van der Waals surface area (Å²) in [5.74, 6) is 1.14. The smallest absolute Gasteiger partial charge is 0.0132 e. The minimum Gasteiger partial charge on any atom is -0.0587 e. The van der Waals surface area contributed by atoms with E-state index in [-0.39, 0.29) is 5.41 Å². The fourth-order valence-electron chi connectivity index (χ4n) is 2.94. The van der Waals surface area contributed by atoms with Crippen LogP contribution in [0.25, 0.3) is 11.1 Å². The highest BCUT2D eigenvalue weighted by Crippen LogP contribution is 2.32. The second-order valence-electron chi connectivity index (χ2n) is 7.98. The molecule has 0 saturated carbocycles. The van der Waals surface area contributed by atoms with Crippen molar-refractivity contribution in [3.8, 4) is 11.1 Å². The Morgan fingerprint density at radius 1 is 0.636 bits per heavy atom. The van der Waals surface area contributed by atoms with Crippen LogP contribution in [0, 0.1) is 0 Å². The lowest BCUT2D eigenvalue weighted by Crippen LogP contribution is -2.10. The van der Waals surface area contributed by atoms with Crippen LogP contribution in [0.2, 0.25) is 0 Å². The Morgan fingerprint density at radius 3 is 1.59 bits per heavy atom. The monoisotopic (exact) mass is 294 g/mol. The Hall–Kier alpha value is -1.56. The van der Waals surface area contributed by atoms with E-state index >= 15 is 0 Å². The van der Waals surface area contributed by atoms with E-state index in [2.05, 4.69) is 90.9 Å². The molecule has 0 radical (unpaired) electrons. The molecule has 0 aliphatic rings. The molecule has 2 aromatic carbocycles. The van der Waals surface area contributed by atoms with Gasteiger partial charge in [0.2, 0.25) is 0 Å². The molecule has 0 amide bonds. The normalized spacial score (nSPS) is 12.2. The topological polar surface area (TPSA) is 0 Å². The van der Waals surface area contributed by atoms with E-state index in [1.165, 1.54) is 27.8 Å². The molecule has 0 atom stereocenters. The Balaban J connectivity index is 2.43. The quantitative estimate of drug-likeness (QED) is 0.577. The minimum absolute atomic E-state index is 0.211. The van der Waals surface area contributed by atoms with Crippen molar-refractivity contribution in [1.82, 2.24) is 0 Å². The summed E-state index contributed by atoms with van der Waals surface area (Å²) >= 11 is 0. The zero-order valence-corrected chi connectivity index (χ0v) is 15.2. The number of rotatable bonds is 3. The maximum atomic E-state index is 2.38. The summed E-state index contributed by atoms with van der Waals surface area (Å²) in [6.07, 6.45) is 0. The summed E-state index contributed by atoms with van der Waals surface area (Å²) in [6, 6.07) is 16.0. The molecule has 0 heterocycles. The molecule has 22 heavy (non-hydrogen) atoms. The summed E-state index contributed by atoms with van der Waals surface area (Å²) in [7, 11) is 0. The molecular formula is C22H30. The molecule has 0 saturated heterocycles. The first-order chi connectivity index (χ1) is 10.2. The van der Waals surface area contributed by atoms with Gasteiger partial charge in [0.05, 0.1) is 0 Å². The lowest BCUT2D eigenvalue weighted by atomic mass is 9.85. The minimum atomic E-state index is 0.211. The van der Waals surface area contributed by atoms with Gasteiger partial charge < -0.3 is 0 Å². The maximum Gasteiger partial charge on any atom is -0.0132 e. The van der Waals surface area contributed by atoms with Gasteiger partial charge in [-0.25, -0.2) is 0 Å². The lowest BCUT2D eigenvalue weighted by molar-refractivity contribution is 0.590. The zero-order chi connectivity index (χ0) is 16.5. The molecule has 0 bridgehead atoms. The summed E-state index contributed by atoms with van der Waals surface area (Å²) in [5, 5.41) is 0. The highest BCUT2D eigenvalue weighted by Gasteiger charge is 2.14. The molecule has 0 N–H and O–H groups in total. The van der Waals surface area contributed by atoms with Gasteiger partial charge in [0, 0.05) is 0 Å². The van der Waals surface area contributed by atoms with Gasteiger partial charge in [0.15, 0.2) is 0 Å². The Labute approximate surface area is 136 Å². The first-order valence-electron chi connectivity index (χ1n) is 8.45. The summed E-state index contributed by atoms with van der Waals surface area (Å²) in [4.78, 5) is 0. The molecule has 2 rings (SSSR count). The van der Waals surface area contributed by atoms with Gasteiger partial charge >= 0.3 is 0 Å². The van der Waals surface area contributed by atoms with Crippen LogP contribution < -0.4 is 0 Å². The van der Waals surface area contributed by atoms with Crippen LogP contribution in [-0.2, 0) is 5.41 Å². The average Bonchev–Trinajstić information content (AvgIpc) is 2.45. The molecule has 0 aromatic heterocycles. The van der Waals surface area contributed by atoms with E-state index in [0.29, 0.717) is 11.8 Å². The Bertz CT molecular complexity index is 622. The predicted octanol–water partition coefficient (Wildman–Crippen LogP) is 6.90. The molecule has 0 unspecified atom stereocenters. The predicted molar refractivity (Wildman–Crippen MR) is 98.8 cm³/mol. The molecule has 2 aromatic rings. The standard InChI is InChI=1S/C22H30/c1-15(2)20-13-10-18(14-21(20)16(3)4)17-8-11-19(12-9-17)22(5,6)7/h8-16H,1-7H3. The molecule has 0 fully saturated rings. The van der Waals surface area contributed by atoms with Gasteiger partial charge in [-0.05, 0) is 45.1 Å². The first kappa shape index (κ1) is 16.8. The Kier molecular flexibility index (Phi) is 4.80. The summed E-state index contributed by atoms with van der Waals surface area (Å²) in [5.41, 5.74) is 7.19. The molecule has 0 heteroatoms. The maximum absolute atomic E-state index is 2.38. The van der Waals surface area contributed by atoms with Crippen molar-refractivity contribution in [2.45, 2.75) is 65.7 Å². The van der Waals surface area contributed by atoms with Crippen LogP contribution in [0.5, 0.6) is 0 Å². The number of hydrogen-bond donors (Lipinski definition) is 0. The Morgan fingerprint density at radius 2 is 1.14 bits per heavy atom. The fraction of sp³-hybridized carbons (Fsp3) is 0.455. The van der Waals surface area contributed by atoms with E-state index in [1.807, 2.05) is 0 Å². The van der Waals surface area contributed by atoms with E-state index < -0.39 is 0 Å². The SMILES string of the molecule is CC(C)c1ccc(-c2ccc(C(C)(C)C)cc2)cc1C(C)C. The van der Waals surface area contributed by atoms with Crippen molar-refractivity contribution in [2.75, 3.05) is 0 Å². The fourth-order valence-corrected chi connectivity index (χ4v) is 2.94. The van der Waals surface area contributed by atoms with Gasteiger partial charge in [-0.3, -0.25) is 0 Å². The van der Waals surface area contributed by atoms with Crippen molar-refractivity contribution in [3.63, 3.8) is 0 Å². The van der Waals surface area contributed by atoms with E-state index in [4.69, 9.17) is 0 Å². The lowest BCUT2D eigenvalue weighted by Gasteiger charge is -2.20. The third-order valence-corrected chi connectivity index (χ3v) is 4.42. The van der Waals surface area contributed by atoms with Crippen LogP contribution in [-0.4, -0.2) is 0 Å². The summed E-state index contributed by atoms with van der Waals surface area (Å²) in [6.45, 7) is 15.9. The van der Waals surface area contributed by atoms with Gasteiger partial charge in [0.25, 0.3) is 0 Å². The van der Waals surface area contributed by atoms with Crippen molar-refractivity contribution in [2.24, 2.45) is 0 Å². The zero-order valence-electron chi connectivity index (χ0n) is 15.2. The third kappa shape index (κ3) is 3.61. The second kappa shape index (κ2) is 6.28. The van der Waals surface area contributed by atoms with Crippen LogP contribution in [0.4, 0.5) is 0 Å². The second-order valence-corrected chi connectivity index (χ2v) is 7.98. The molecule has 0 nitrogen and oxygen atoms in total. The number of hydrogen-bond acceptors (Lipinski definition) is 0. The van der Waals surface area contributed by atoms with Gasteiger partial charge in [-0.15, -0.1) is 0 Å². The van der Waals surface area contributed by atoms with E-state index in [1.54, 1.807) is 0 Å². The van der Waals surface area contributed by atoms with Crippen molar-refractivity contribution in [3.05, 3.63) is 59.2 Å². The molecule has 0 aliphatic heterocycles. The average molecular weight is 294 g/mol. The van der Waals surface area contributed by atoms with Gasteiger partial charge in [0.1, 0.15) is 0 Å². The third-order valence-electron chi connectivity index (χ3n) is 4.42.